The Balaban J connectivity index is 1.42. The number of benzene rings is 2. The molecule has 1 amide bonds. The zero-order valence-corrected chi connectivity index (χ0v) is 16.0. The summed E-state index contributed by atoms with van der Waals surface area (Å²) in [5, 5.41) is 3.04. The Morgan fingerprint density at radius 2 is 1.71 bits per heavy atom. The molecular formula is C23H24N4O. The number of aryl methyl sites for hydroxylation is 1. The highest BCUT2D eigenvalue weighted by molar-refractivity contribution is 5.93. The van der Waals surface area contributed by atoms with E-state index >= 15 is 0 Å². The van der Waals surface area contributed by atoms with Gasteiger partial charge in [0.1, 0.15) is 0 Å². The molecule has 4 rings (SSSR count). The van der Waals surface area contributed by atoms with Gasteiger partial charge in [0.25, 0.3) is 0 Å². The summed E-state index contributed by atoms with van der Waals surface area (Å²) in [5.74, 6) is 0.689. The Kier molecular flexibility index (Phi) is 5.33. The lowest BCUT2D eigenvalue weighted by atomic mass is 9.97. The molecule has 1 fully saturated rings. The van der Waals surface area contributed by atoms with E-state index in [0.717, 1.165) is 36.2 Å². The smallest absolute Gasteiger partial charge is 0.229 e. The van der Waals surface area contributed by atoms with Crippen molar-refractivity contribution < 1.29 is 4.79 Å². The summed E-state index contributed by atoms with van der Waals surface area (Å²) >= 11 is 0. The molecule has 0 spiro atoms. The Labute approximate surface area is 165 Å². The van der Waals surface area contributed by atoms with Crippen molar-refractivity contribution in [2.24, 2.45) is 5.92 Å². The first-order valence-electron chi connectivity index (χ1n) is 9.69. The van der Waals surface area contributed by atoms with Crippen LogP contribution in [0.5, 0.6) is 0 Å². The van der Waals surface area contributed by atoms with Crippen molar-refractivity contribution in [1.82, 2.24) is 9.97 Å². The fraction of sp³-hybridized carbons (Fsp3) is 0.261. The van der Waals surface area contributed by atoms with Gasteiger partial charge in [-0.25, -0.2) is 9.97 Å². The van der Waals surface area contributed by atoms with E-state index in [1.54, 1.807) is 0 Å². The average Bonchev–Trinajstić information content (AvgIpc) is 2.76. The van der Waals surface area contributed by atoms with Crippen molar-refractivity contribution in [3.05, 3.63) is 72.6 Å². The van der Waals surface area contributed by atoms with Crippen LogP contribution in [0.15, 0.2) is 67.0 Å². The van der Waals surface area contributed by atoms with E-state index in [1.807, 2.05) is 73.9 Å². The minimum atomic E-state index is -0.0625. The lowest BCUT2D eigenvalue weighted by molar-refractivity contribution is -0.120. The zero-order chi connectivity index (χ0) is 19.3. The van der Waals surface area contributed by atoms with Gasteiger partial charge in [0.15, 0.2) is 0 Å². The second-order valence-electron chi connectivity index (χ2n) is 7.28. The SMILES string of the molecule is Cc1ccc(NC(=O)[C@@H]2CCCN(c3ncc(-c4ccccc4)cn3)C2)cc1. The minimum absolute atomic E-state index is 0.0625. The van der Waals surface area contributed by atoms with E-state index < -0.39 is 0 Å². The fourth-order valence-electron chi connectivity index (χ4n) is 3.52. The van der Waals surface area contributed by atoms with Gasteiger partial charge in [0.2, 0.25) is 11.9 Å². The molecule has 0 radical (unpaired) electrons. The first-order chi connectivity index (χ1) is 13.7. The van der Waals surface area contributed by atoms with E-state index in [-0.39, 0.29) is 11.8 Å². The van der Waals surface area contributed by atoms with Crippen LogP contribution in [-0.2, 0) is 4.79 Å². The van der Waals surface area contributed by atoms with Crippen LogP contribution < -0.4 is 10.2 Å². The molecule has 28 heavy (non-hydrogen) atoms. The van der Waals surface area contributed by atoms with Crippen LogP contribution in [0, 0.1) is 12.8 Å². The number of nitrogens with one attached hydrogen (secondary N) is 1. The Bertz CT molecular complexity index is 923. The average molecular weight is 372 g/mol. The van der Waals surface area contributed by atoms with Crippen LogP contribution in [0.4, 0.5) is 11.6 Å². The van der Waals surface area contributed by atoms with E-state index in [2.05, 4.69) is 20.2 Å². The predicted octanol–water partition coefficient (Wildman–Crippen LogP) is 4.31. The number of nitrogens with zero attached hydrogens (tertiary/aromatic N) is 3. The van der Waals surface area contributed by atoms with Gasteiger partial charge in [-0.15, -0.1) is 0 Å². The molecule has 3 aromatic rings. The summed E-state index contributed by atoms with van der Waals surface area (Å²) in [6.07, 6.45) is 5.55. The van der Waals surface area contributed by atoms with Crippen LogP contribution in [0.25, 0.3) is 11.1 Å². The summed E-state index contributed by atoms with van der Waals surface area (Å²) in [5.41, 5.74) is 4.12. The maximum absolute atomic E-state index is 12.7. The van der Waals surface area contributed by atoms with Gasteiger partial charge in [0, 0.05) is 36.7 Å². The number of anilines is 2. The molecular weight excluding hydrogens is 348 g/mol. The highest BCUT2D eigenvalue weighted by Gasteiger charge is 2.27. The molecule has 142 valence electrons. The fourth-order valence-corrected chi connectivity index (χ4v) is 3.52. The minimum Gasteiger partial charge on any atom is -0.340 e. The first-order valence-corrected chi connectivity index (χ1v) is 9.69. The van der Waals surface area contributed by atoms with Gasteiger partial charge in [-0.05, 0) is 37.5 Å². The molecule has 1 aliphatic heterocycles. The van der Waals surface area contributed by atoms with Gasteiger partial charge >= 0.3 is 0 Å². The normalized spacial score (nSPS) is 16.6. The monoisotopic (exact) mass is 372 g/mol. The highest BCUT2D eigenvalue weighted by atomic mass is 16.1. The third-order valence-corrected chi connectivity index (χ3v) is 5.14. The summed E-state index contributed by atoms with van der Waals surface area (Å²) in [7, 11) is 0. The quantitative estimate of drug-likeness (QED) is 0.741. The molecule has 0 aliphatic carbocycles. The maximum Gasteiger partial charge on any atom is 0.229 e. The van der Waals surface area contributed by atoms with Crippen molar-refractivity contribution in [2.45, 2.75) is 19.8 Å². The van der Waals surface area contributed by atoms with E-state index in [4.69, 9.17) is 0 Å². The summed E-state index contributed by atoms with van der Waals surface area (Å²) < 4.78 is 0. The van der Waals surface area contributed by atoms with Crippen LogP contribution in [0.1, 0.15) is 18.4 Å². The number of amides is 1. The Hall–Kier alpha value is -3.21. The molecule has 5 nitrogen and oxygen atoms in total. The van der Waals surface area contributed by atoms with E-state index in [1.165, 1.54) is 5.56 Å². The molecule has 0 bridgehead atoms. The maximum atomic E-state index is 12.7. The van der Waals surface area contributed by atoms with Crippen LogP contribution in [0.2, 0.25) is 0 Å². The second-order valence-corrected chi connectivity index (χ2v) is 7.28. The molecule has 1 aliphatic rings. The number of hydrogen-bond donors (Lipinski definition) is 1. The second kappa shape index (κ2) is 8.21. The molecule has 2 aromatic carbocycles. The number of rotatable bonds is 4. The van der Waals surface area contributed by atoms with E-state index in [9.17, 15) is 4.79 Å². The van der Waals surface area contributed by atoms with Crippen molar-refractivity contribution in [1.29, 1.82) is 0 Å². The number of carbonyl (C=O) groups is 1. The van der Waals surface area contributed by atoms with E-state index in [0.29, 0.717) is 12.5 Å². The molecule has 1 aromatic heterocycles. The topological polar surface area (TPSA) is 58.1 Å². The standard InChI is InChI=1S/C23H24N4O/c1-17-9-11-21(12-10-17)26-22(28)19-8-5-13-27(16-19)23-24-14-20(15-25-23)18-6-3-2-4-7-18/h2-4,6-7,9-12,14-15,19H,5,8,13,16H2,1H3,(H,26,28)/t19-/m1/s1. The number of carbonyl (C=O) groups excluding carboxylic acids is 1. The van der Waals surface area contributed by atoms with Crippen LogP contribution >= 0.6 is 0 Å². The predicted molar refractivity (Wildman–Crippen MR) is 112 cm³/mol. The van der Waals surface area contributed by atoms with Gasteiger partial charge in [-0.3, -0.25) is 4.79 Å². The number of piperidine rings is 1. The highest BCUT2D eigenvalue weighted by Crippen LogP contribution is 2.23. The Morgan fingerprint density at radius 3 is 2.43 bits per heavy atom. The molecule has 2 heterocycles. The van der Waals surface area contributed by atoms with Crippen molar-refractivity contribution in [2.75, 3.05) is 23.3 Å². The third-order valence-electron chi connectivity index (χ3n) is 5.14. The van der Waals surface area contributed by atoms with Crippen molar-refractivity contribution in [3.8, 4) is 11.1 Å². The van der Waals surface area contributed by atoms with Crippen molar-refractivity contribution >= 4 is 17.5 Å². The van der Waals surface area contributed by atoms with Crippen molar-refractivity contribution in [3.63, 3.8) is 0 Å². The molecule has 5 heteroatoms. The van der Waals surface area contributed by atoms with Gasteiger partial charge in [-0.1, -0.05) is 48.0 Å². The van der Waals surface area contributed by atoms with Crippen LogP contribution in [-0.4, -0.2) is 29.0 Å². The summed E-state index contributed by atoms with van der Waals surface area (Å²) in [4.78, 5) is 23.9. The molecule has 1 saturated heterocycles. The first kappa shape index (κ1) is 18.2. The number of hydrogen-bond acceptors (Lipinski definition) is 4. The molecule has 1 N–H and O–H groups in total. The Morgan fingerprint density at radius 1 is 1.00 bits per heavy atom. The lowest BCUT2D eigenvalue weighted by Crippen LogP contribution is -2.41. The van der Waals surface area contributed by atoms with Crippen LogP contribution in [0.3, 0.4) is 0 Å². The molecule has 0 saturated carbocycles. The van der Waals surface area contributed by atoms with Gasteiger partial charge < -0.3 is 10.2 Å². The molecule has 0 unspecified atom stereocenters. The third kappa shape index (κ3) is 4.19. The van der Waals surface area contributed by atoms with Gasteiger partial charge in [-0.2, -0.15) is 0 Å². The number of aromatic nitrogens is 2. The zero-order valence-electron chi connectivity index (χ0n) is 16.0. The summed E-state index contributed by atoms with van der Waals surface area (Å²) in [6.45, 7) is 3.55. The largest absolute Gasteiger partial charge is 0.340 e. The summed E-state index contributed by atoms with van der Waals surface area (Å²) in [6, 6.07) is 18.0. The van der Waals surface area contributed by atoms with Gasteiger partial charge in [0.05, 0.1) is 5.92 Å². The molecule has 1 atom stereocenters. The lowest BCUT2D eigenvalue weighted by Gasteiger charge is -2.32.